The van der Waals surface area contributed by atoms with Gasteiger partial charge in [-0.05, 0) is 70.6 Å². The Morgan fingerprint density at radius 3 is 1.80 bits per heavy atom. The highest BCUT2D eigenvalue weighted by Gasteiger charge is 2.20. The van der Waals surface area contributed by atoms with Crippen LogP contribution in [0.25, 0.3) is 0 Å². The monoisotopic (exact) mass is 712 g/mol. The largest absolute Gasteiger partial charge is 0.756 e. The molecule has 0 bridgehead atoms. The minimum Gasteiger partial charge on any atom is -0.756 e. The highest BCUT2D eigenvalue weighted by molar-refractivity contribution is 7.45. The number of carbonyl (C=O) groups excluding carboxylic acids is 1. The summed E-state index contributed by atoms with van der Waals surface area (Å²) in [5, 5.41) is 0. The van der Waals surface area contributed by atoms with Crippen molar-refractivity contribution in [3.8, 4) is 0 Å². The molecule has 0 spiro atoms. The Bertz CT molecular complexity index is 926. The highest BCUT2D eigenvalue weighted by atomic mass is 31.2. The summed E-state index contributed by atoms with van der Waals surface area (Å²) in [7, 11) is 1.32. The summed E-state index contributed by atoms with van der Waals surface area (Å²) in [5.41, 5.74) is 0. The van der Waals surface area contributed by atoms with Gasteiger partial charge in [-0.2, -0.15) is 0 Å². The molecule has 0 fully saturated rings. The van der Waals surface area contributed by atoms with Crippen LogP contribution in [0.3, 0.4) is 0 Å². The minimum atomic E-state index is -4.53. The number of hydrogen-bond acceptors (Lipinski definition) is 7. The van der Waals surface area contributed by atoms with Gasteiger partial charge < -0.3 is 27.9 Å². The fraction of sp³-hybridized carbons (Fsp3) is 0.775. The fourth-order valence-corrected chi connectivity index (χ4v) is 5.58. The van der Waals surface area contributed by atoms with Crippen molar-refractivity contribution < 1.29 is 37.3 Å². The third-order valence-electron chi connectivity index (χ3n) is 7.86. The van der Waals surface area contributed by atoms with Gasteiger partial charge in [-0.25, -0.2) is 0 Å². The van der Waals surface area contributed by atoms with Crippen LogP contribution in [0.5, 0.6) is 0 Å². The first-order valence-corrected chi connectivity index (χ1v) is 20.8. The molecule has 0 saturated carbocycles. The maximum absolute atomic E-state index is 12.6. The summed E-state index contributed by atoms with van der Waals surface area (Å²) < 4.78 is 34.4. The first-order valence-electron chi connectivity index (χ1n) is 19.4. The first-order chi connectivity index (χ1) is 23.6. The summed E-state index contributed by atoms with van der Waals surface area (Å²) in [6.07, 6.45) is 38.3. The Morgan fingerprint density at radius 1 is 0.653 bits per heavy atom. The summed E-state index contributed by atoms with van der Waals surface area (Å²) in [4.78, 5) is 24.9. The predicted molar refractivity (Wildman–Crippen MR) is 203 cm³/mol. The number of esters is 1. The second kappa shape index (κ2) is 33.6. The van der Waals surface area contributed by atoms with Crippen molar-refractivity contribution in [2.75, 3.05) is 54.1 Å². The number of phosphoric acid groups is 1. The smallest absolute Gasteiger partial charge is 0.306 e. The molecular weight excluding hydrogens is 637 g/mol. The van der Waals surface area contributed by atoms with Crippen LogP contribution >= 0.6 is 7.82 Å². The lowest BCUT2D eigenvalue weighted by molar-refractivity contribution is -0.870. The topological polar surface area (TPSA) is 94.1 Å². The quantitative estimate of drug-likeness (QED) is 0.0212. The molecule has 0 aliphatic rings. The number of likely N-dealkylation sites (N-methyl/N-ethyl adjacent to an activating group) is 1. The molecule has 0 radical (unpaired) electrons. The van der Waals surface area contributed by atoms with Crippen LogP contribution in [0.15, 0.2) is 48.6 Å². The Hall–Kier alpha value is -1.54. The van der Waals surface area contributed by atoms with Crippen molar-refractivity contribution in [1.82, 2.24) is 0 Å². The molecule has 2 atom stereocenters. The van der Waals surface area contributed by atoms with Crippen LogP contribution in [-0.4, -0.2) is 70.7 Å². The van der Waals surface area contributed by atoms with Crippen molar-refractivity contribution >= 4 is 13.8 Å². The third kappa shape index (κ3) is 37.5. The summed E-state index contributed by atoms with van der Waals surface area (Å²) in [6.45, 7) is 5.21. The highest BCUT2D eigenvalue weighted by Crippen LogP contribution is 2.38. The van der Waals surface area contributed by atoms with Crippen LogP contribution in [0.4, 0.5) is 0 Å². The molecule has 0 N–H and O–H groups in total. The van der Waals surface area contributed by atoms with Gasteiger partial charge in [0, 0.05) is 13.0 Å². The number of carbonyl (C=O) groups is 1. The van der Waals surface area contributed by atoms with E-state index < -0.39 is 13.9 Å². The Balaban J connectivity index is 4.37. The minimum absolute atomic E-state index is 0.0175. The normalized spacial score (nSPS) is 14.5. The van der Waals surface area contributed by atoms with E-state index >= 15 is 0 Å². The van der Waals surface area contributed by atoms with Crippen molar-refractivity contribution in [2.24, 2.45) is 0 Å². The van der Waals surface area contributed by atoms with Crippen LogP contribution in [0.2, 0.25) is 0 Å². The van der Waals surface area contributed by atoms with Crippen LogP contribution in [-0.2, 0) is 27.9 Å². The number of rotatable bonds is 35. The number of hydrogen-bond donors (Lipinski definition) is 0. The van der Waals surface area contributed by atoms with Gasteiger partial charge in [0.2, 0.25) is 0 Å². The van der Waals surface area contributed by atoms with Gasteiger partial charge in [0.15, 0.2) is 0 Å². The SMILES string of the molecule is CC/C=C\C/C=C\C/C=C\CCCCCC(=O)OC(COCCCCCCCC/C=C\CCCCCC)COP(=O)([O-])OCC[N+](C)(C)C. The van der Waals surface area contributed by atoms with Gasteiger partial charge in [-0.15, -0.1) is 0 Å². The lowest BCUT2D eigenvalue weighted by atomic mass is 10.1. The van der Waals surface area contributed by atoms with E-state index in [1.165, 1.54) is 64.2 Å². The fourth-order valence-electron chi connectivity index (χ4n) is 4.85. The van der Waals surface area contributed by atoms with E-state index in [2.05, 4.69) is 62.5 Å². The second-order valence-corrected chi connectivity index (χ2v) is 15.3. The molecule has 49 heavy (non-hydrogen) atoms. The maximum Gasteiger partial charge on any atom is 0.306 e. The van der Waals surface area contributed by atoms with E-state index in [1.807, 2.05) is 21.1 Å². The first kappa shape index (κ1) is 47.5. The van der Waals surface area contributed by atoms with Crippen LogP contribution in [0.1, 0.15) is 142 Å². The van der Waals surface area contributed by atoms with Crippen molar-refractivity contribution in [3.05, 3.63) is 48.6 Å². The number of unbranched alkanes of at least 4 members (excludes halogenated alkanes) is 13. The van der Waals surface area contributed by atoms with Gasteiger partial charge in [-0.1, -0.05) is 114 Å². The van der Waals surface area contributed by atoms with Gasteiger partial charge in [-0.3, -0.25) is 9.36 Å². The zero-order valence-corrected chi connectivity index (χ0v) is 33.0. The molecule has 0 rings (SSSR count). The average Bonchev–Trinajstić information content (AvgIpc) is 3.04. The van der Waals surface area contributed by atoms with Crippen molar-refractivity contribution in [1.29, 1.82) is 0 Å². The molecule has 0 amide bonds. The number of phosphoric ester groups is 1. The average molecular weight is 712 g/mol. The zero-order chi connectivity index (χ0) is 36.3. The van der Waals surface area contributed by atoms with Gasteiger partial charge >= 0.3 is 5.97 Å². The molecule has 0 aliphatic carbocycles. The molecule has 0 aromatic carbocycles. The molecule has 8 nitrogen and oxygen atoms in total. The molecule has 2 unspecified atom stereocenters. The Labute approximate surface area is 301 Å². The van der Waals surface area contributed by atoms with Gasteiger partial charge in [0.05, 0.1) is 34.4 Å². The summed E-state index contributed by atoms with van der Waals surface area (Å²) in [6, 6.07) is 0. The maximum atomic E-state index is 12.6. The third-order valence-corrected chi connectivity index (χ3v) is 8.83. The van der Waals surface area contributed by atoms with Gasteiger partial charge in [0.25, 0.3) is 7.82 Å². The zero-order valence-electron chi connectivity index (χ0n) is 32.1. The van der Waals surface area contributed by atoms with E-state index in [4.69, 9.17) is 18.5 Å². The van der Waals surface area contributed by atoms with Crippen LogP contribution < -0.4 is 4.89 Å². The number of ether oxygens (including phenoxy) is 2. The standard InChI is InChI=1S/C40H74NO7P/c1-6-8-10-12-14-16-18-20-22-24-26-28-30-32-35-45-37-39(38-47-49(43,44)46-36-34-41(3,4)5)48-40(42)33-31-29-27-25-23-21-19-17-15-13-11-9-7-2/h9,11,15-18,21,23,39H,6-8,10,12-14,19-20,22,24-38H2,1-5H3/b11-9-,17-15-,18-16-,23-21-. The molecule has 0 heterocycles. The molecule has 9 heteroatoms. The molecule has 0 aromatic heterocycles. The Morgan fingerprint density at radius 2 is 1.18 bits per heavy atom. The molecular formula is C40H74NO7P. The molecule has 0 saturated heterocycles. The van der Waals surface area contributed by atoms with E-state index in [-0.39, 0.29) is 32.2 Å². The van der Waals surface area contributed by atoms with E-state index in [0.29, 0.717) is 24.1 Å². The van der Waals surface area contributed by atoms with Crippen LogP contribution in [0, 0.1) is 0 Å². The van der Waals surface area contributed by atoms with E-state index in [0.717, 1.165) is 51.4 Å². The molecule has 0 aromatic rings. The number of nitrogens with zero attached hydrogens (tertiary/aromatic N) is 1. The predicted octanol–water partition coefficient (Wildman–Crippen LogP) is 10.2. The lowest BCUT2D eigenvalue weighted by Crippen LogP contribution is -2.37. The van der Waals surface area contributed by atoms with Gasteiger partial charge in [0.1, 0.15) is 19.3 Å². The number of allylic oxidation sites excluding steroid dienone is 8. The molecule has 286 valence electrons. The van der Waals surface area contributed by atoms with E-state index in [1.54, 1.807) is 0 Å². The second-order valence-electron chi connectivity index (χ2n) is 13.9. The van der Waals surface area contributed by atoms with Crippen molar-refractivity contribution in [3.63, 3.8) is 0 Å². The van der Waals surface area contributed by atoms with Crippen molar-refractivity contribution in [2.45, 2.75) is 148 Å². The lowest BCUT2D eigenvalue weighted by Gasteiger charge is -2.28. The number of quaternary nitrogens is 1. The Kier molecular flexibility index (Phi) is 32.5. The summed E-state index contributed by atoms with van der Waals surface area (Å²) in [5.74, 6) is -0.368. The van der Waals surface area contributed by atoms with E-state index in [9.17, 15) is 14.3 Å². The molecule has 0 aliphatic heterocycles. The summed E-state index contributed by atoms with van der Waals surface area (Å²) >= 11 is 0.